The summed E-state index contributed by atoms with van der Waals surface area (Å²) in [6.07, 6.45) is 6.98. The Morgan fingerprint density at radius 2 is 2.08 bits per heavy atom. The molecule has 124 valence electrons. The normalized spacial score (nSPS) is 10.9. The minimum Gasteiger partial charge on any atom is -0.494 e. The summed E-state index contributed by atoms with van der Waals surface area (Å²) in [6.45, 7) is 0. The Kier molecular flexibility index (Phi) is 3.42. The number of hydrogen-bond acceptors (Lipinski definition) is 5. The van der Waals surface area contributed by atoms with Crippen LogP contribution in [0.5, 0.6) is 5.75 Å². The van der Waals surface area contributed by atoms with E-state index in [4.69, 9.17) is 4.74 Å². The van der Waals surface area contributed by atoms with Crippen LogP contribution in [0.25, 0.3) is 22.6 Å². The van der Waals surface area contributed by atoms with Crippen molar-refractivity contribution in [2.45, 2.75) is 0 Å². The lowest BCUT2D eigenvalue weighted by Gasteiger charge is -2.12. The second-order valence-corrected chi connectivity index (χ2v) is 5.33. The van der Waals surface area contributed by atoms with Crippen molar-refractivity contribution in [3.63, 3.8) is 0 Å². The highest BCUT2D eigenvalue weighted by Gasteiger charge is 2.17. The topological polar surface area (TPSA) is 87.5 Å². The number of ether oxygens (including phenoxy) is 1. The van der Waals surface area contributed by atoms with Gasteiger partial charge in [-0.05, 0) is 18.2 Å². The van der Waals surface area contributed by atoms with Crippen LogP contribution in [-0.4, -0.2) is 31.2 Å². The molecular formula is C17H13N5O3. The number of imidazole rings is 1. The number of methoxy groups -OCH3 is 1. The Morgan fingerprint density at radius 3 is 2.80 bits per heavy atom. The van der Waals surface area contributed by atoms with E-state index in [0.29, 0.717) is 17.1 Å². The first-order valence-corrected chi connectivity index (χ1v) is 7.47. The molecule has 0 unspecified atom stereocenters. The molecule has 0 aliphatic heterocycles. The molecule has 8 heteroatoms. The van der Waals surface area contributed by atoms with Crippen LogP contribution in [0.3, 0.4) is 0 Å². The van der Waals surface area contributed by atoms with Gasteiger partial charge in [0.05, 0.1) is 23.9 Å². The quantitative estimate of drug-likeness (QED) is 0.422. The molecule has 0 saturated carbocycles. The highest BCUT2D eigenvalue weighted by molar-refractivity contribution is 5.64. The van der Waals surface area contributed by atoms with Crippen LogP contribution in [0, 0.1) is 10.1 Å². The van der Waals surface area contributed by atoms with Gasteiger partial charge in [-0.25, -0.2) is 9.50 Å². The molecule has 0 N–H and O–H groups in total. The van der Waals surface area contributed by atoms with E-state index >= 15 is 0 Å². The van der Waals surface area contributed by atoms with Crippen LogP contribution in [-0.2, 0) is 0 Å². The summed E-state index contributed by atoms with van der Waals surface area (Å²) in [6, 6.07) is 10.1. The average Bonchev–Trinajstić information content (AvgIpc) is 3.24. The third-order valence-electron chi connectivity index (χ3n) is 3.92. The number of nitro benzene ring substituents is 1. The first-order chi connectivity index (χ1) is 12.2. The first-order valence-electron chi connectivity index (χ1n) is 7.47. The van der Waals surface area contributed by atoms with Crippen molar-refractivity contribution in [2.75, 3.05) is 7.11 Å². The number of benzene rings is 1. The fourth-order valence-corrected chi connectivity index (χ4v) is 2.77. The molecule has 0 radical (unpaired) electrons. The zero-order valence-corrected chi connectivity index (χ0v) is 13.2. The molecule has 8 nitrogen and oxygen atoms in total. The molecule has 4 aromatic rings. The van der Waals surface area contributed by atoms with Gasteiger partial charge in [0, 0.05) is 42.4 Å². The molecule has 0 fully saturated rings. The van der Waals surface area contributed by atoms with Crippen molar-refractivity contribution >= 4 is 11.3 Å². The minimum absolute atomic E-state index is 0.0132. The predicted molar refractivity (Wildman–Crippen MR) is 91.0 cm³/mol. The van der Waals surface area contributed by atoms with E-state index < -0.39 is 4.92 Å². The zero-order chi connectivity index (χ0) is 17.4. The average molecular weight is 335 g/mol. The maximum Gasteiger partial charge on any atom is 0.271 e. The summed E-state index contributed by atoms with van der Waals surface area (Å²) in [5.41, 5.74) is 2.96. The standard InChI is InChI=1S/C17H13N5O3/c1-25-16-5-4-13(22(23)24)9-14(16)20-8-6-17-19-11-15(21(17)20)12-3-2-7-18-10-12/h2-11H,1H3. The van der Waals surface area contributed by atoms with E-state index in [1.54, 1.807) is 35.5 Å². The number of fused-ring (bicyclic) bond motifs is 1. The summed E-state index contributed by atoms with van der Waals surface area (Å²) in [4.78, 5) is 19.3. The third kappa shape index (κ3) is 2.40. The van der Waals surface area contributed by atoms with Crippen LogP contribution >= 0.6 is 0 Å². The molecule has 1 aromatic carbocycles. The Bertz CT molecular complexity index is 1070. The van der Waals surface area contributed by atoms with Gasteiger partial charge in [-0.3, -0.25) is 19.8 Å². The summed E-state index contributed by atoms with van der Waals surface area (Å²) in [5, 5.41) is 11.2. The van der Waals surface area contributed by atoms with Gasteiger partial charge >= 0.3 is 0 Å². The van der Waals surface area contributed by atoms with Crippen molar-refractivity contribution < 1.29 is 9.66 Å². The second kappa shape index (κ2) is 5.75. The second-order valence-electron chi connectivity index (χ2n) is 5.33. The molecule has 0 bridgehead atoms. The van der Waals surface area contributed by atoms with E-state index in [-0.39, 0.29) is 5.69 Å². The van der Waals surface area contributed by atoms with Crippen molar-refractivity contribution in [1.82, 2.24) is 19.2 Å². The van der Waals surface area contributed by atoms with Crippen molar-refractivity contribution in [1.29, 1.82) is 0 Å². The summed E-state index contributed by atoms with van der Waals surface area (Å²) >= 11 is 0. The number of nitro groups is 1. The smallest absolute Gasteiger partial charge is 0.271 e. The molecule has 3 aromatic heterocycles. The molecule has 25 heavy (non-hydrogen) atoms. The number of aromatic nitrogens is 4. The monoisotopic (exact) mass is 335 g/mol. The van der Waals surface area contributed by atoms with Gasteiger partial charge in [0.25, 0.3) is 5.69 Å². The minimum atomic E-state index is -0.431. The molecule has 3 heterocycles. The molecular weight excluding hydrogens is 322 g/mol. The SMILES string of the molecule is COc1ccc([N+](=O)[O-])cc1-n1ccc2ncc(-c3cccnc3)n21. The molecule has 0 aliphatic rings. The lowest BCUT2D eigenvalue weighted by atomic mass is 10.2. The molecule has 0 aliphatic carbocycles. The number of hydrogen-bond donors (Lipinski definition) is 0. The van der Waals surface area contributed by atoms with Crippen molar-refractivity contribution in [3.8, 4) is 22.7 Å². The predicted octanol–water partition coefficient (Wildman–Crippen LogP) is 3.10. The van der Waals surface area contributed by atoms with Crippen LogP contribution < -0.4 is 4.74 Å². The zero-order valence-electron chi connectivity index (χ0n) is 13.2. The Labute approximate surface area is 142 Å². The van der Waals surface area contributed by atoms with Crippen LogP contribution in [0.4, 0.5) is 5.69 Å². The highest BCUT2D eigenvalue weighted by Crippen LogP contribution is 2.30. The van der Waals surface area contributed by atoms with E-state index in [0.717, 1.165) is 11.3 Å². The van der Waals surface area contributed by atoms with Gasteiger partial charge in [0.15, 0.2) is 5.65 Å². The van der Waals surface area contributed by atoms with Gasteiger partial charge in [0.2, 0.25) is 0 Å². The number of non-ortho nitro benzene ring substituents is 1. The molecule has 0 saturated heterocycles. The number of nitrogens with zero attached hydrogens (tertiary/aromatic N) is 5. The van der Waals surface area contributed by atoms with Crippen LogP contribution in [0.2, 0.25) is 0 Å². The van der Waals surface area contributed by atoms with E-state index in [2.05, 4.69) is 9.97 Å². The Hall–Kier alpha value is -3.68. The fourth-order valence-electron chi connectivity index (χ4n) is 2.77. The molecule has 0 spiro atoms. The van der Waals surface area contributed by atoms with Gasteiger partial charge < -0.3 is 4.74 Å². The third-order valence-corrected chi connectivity index (χ3v) is 3.92. The number of rotatable bonds is 4. The van der Waals surface area contributed by atoms with Crippen LogP contribution in [0.1, 0.15) is 0 Å². The van der Waals surface area contributed by atoms with Crippen molar-refractivity contribution in [2.24, 2.45) is 0 Å². The van der Waals surface area contributed by atoms with Crippen LogP contribution in [0.15, 0.2) is 61.2 Å². The van der Waals surface area contributed by atoms with E-state index in [1.165, 1.54) is 19.2 Å². The summed E-state index contributed by atoms with van der Waals surface area (Å²) < 4.78 is 9.02. The first kappa shape index (κ1) is 14.9. The summed E-state index contributed by atoms with van der Waals surface area (Å²) in [5.74, 6) is 0.522. The van der Waals surface area contributed by atoms with Gasteiger partial charge in [-0.15, -0.1) is 0 Å². The lowest BCUT2D eigenvalue weighted by molar-refractivity contribution is -0.384. The number of pyridine rings is 1. The van der Waals surface area contributed by atoms with Gasteiger partial charge in [0.1, 0.15) is 11.4 Å². The van der Waals surface area contributed by atoms with Crippen molar-refractivity contribution in [3.05, 3.63) is 71.3 Å². The molecule has 4 rings (SSSR count). The largest absolute Gasteiger partial charge is 0.494 e. The Balaban J connectivity index is 1.98. The lowest BCUT2D eigenvalue weighted by Crippen LogP contribution is -2.06. The van der Waals surface area contributed by atoms with E-state index in [9.17, 15) is 10.1 Å². The maximum atomic E-state index is 11.2. The van der Waals surface area contributed by atoms with E-state index in [1.807, 2.05) is 22.7 Å². The molecule has 0 atom stereocenters. The maximum absolute atomic E-state index is 11.2. The van der Waals surface area contributed by atoms with Gasteiger partial charge in [-0.1, -0.05) is 0 Å². The van der Waals surface area contributed by atoms with Gasteiger partial charge in [-0.2, -0.15) is 0 Å². The Morgan fingerprint density at radius 1 is 1.20 bits per heavy atom. The highest BCUT2D eigenvalue weighted by atomic mass is 16.6. The summed E-state index contributed by atoms with van der Waals surface area (Å²) in [7, 11) is 1.53. The molecule has 0 amide bonds. The fraction of sp³-hybridized carbons (Fsp3) is 0.0588.